The van der Waals surface area contributed by atoms with E-state index in [1.807, 2.05) is 0 Å². The number of para-hydroxylation sites is 1. The second-order valence-corrected chi connectivity index (χ2v) is 6.58. The molecule has 0 aromatic heterocycles. The molecule has 0 heterocycles. The van der Waals surface area contributed by atoms with Crippen molar-refractivity contribution in [3.8, 4) is 0 Å². The van der Waals surface area contributed by atoms with Gasteiger partial charge in [0.2, 0.25) is 0 Å². The average Bonchev–Trinajstić information content (AvgIpc) is 2.43. The highest BCUT2D eigenvalue weighted by molar-refractivity contribution is 7.92. The van der Waals surface area contributed by atoms with Gasteiger partial charge in [0.15, 0.2) is 5.82 Å². The van der Waals surface area contributed by atoms with Crippen molar-refractivity contribution in [2.45, 2.75) is 11.8 Å². The number of hydrogen-bond acceptors (Lipinski definition) is 3. The lowest BCUT2D eigenvalue weighted by molar-refractivity contribution is 0.100. The summed E-state index contributed by atoms with van der Waals surface area (Å²) in [4.78, 5) is 10.8. The summed E-state index contributed by atoms with van der Waals surface area (Å²) < 4.78 is 40.8. The molecule has 0 unspecified atom stereocenters. The van der Waals surface area contributed by atoms with Gasteiger partial charge in [0.05, 0.1) is 16.3 Å². The molecule has 0 saturated carbocycles. The number of aryl methyl sites for hydroxylation is 1. The topological polar surface area (TPSA) is 89.3 Å². The lowest BCUT2D eigenvalue weighted by Gasteiger charge is -2.14. The number of anilines is 1. The van der Waals surface area contributed by atoms with E-state index in [1.165, 1.54) is 18.2 Å². The molecule has 0 atom stereocenters. The number of nitrogens with one attached hydrogen (secondary N) is 1. The SMILES string of the molecule is Cc1cccc(C(N)=O)c1NS(=O)(=O)c1cccc(Cl)c1F. The first-order valence-corrected chi connectivity index (χ1v) is 7.96. The zero-order valence-electron chi connectivity index (χ0n) is 11.4. The zero-order chi connectivity index (χ0) is 16.5. The molecule has 0 aliphatic carbocycles. The minimum atomic E-state index is -4.26. The van der Waals surface area contributed by atoms with Crippen molar-refractivity contribution in [1.82, 2.24) is 0 Å². The van der Waals surface area contributed by atoms with E-state index in [0.29, 0.717) is 5.56 Å². The number of nitrogens with two attached hydrogens (primary N) is 1. The van der Waals surface area contributed by atoms with Crippen LogP contribution in [0.3, 0.4) is 0 Å². The summed E-state index contributed by atoms with van der Waals surface area (Å²) >= 11 is 5.59. The van der Waals surface area contributed by atoms with Crippen LogP contribution >= 0.6 is 11.6 Å². The molecule has 0 radical (unpaired) electrons. The molecule has 1 amide bonds. The smallest absolute Gasteiger partial charge is 0.264 e. The van der Waals surface area contributed by atoms with Gasteiger partial charge in [0.1, 0.15) is 4.90 Å². The van der Waals surface area contributed by atoms with Gasteiger partial charge in [-0.3, -0.25) is 9.52 Å². The number of halogens is 2. The van der Waals surface area contributed by atoms with E-state index in [2.05, 4.69) is 4.72 Å². The van der Waals surface area contributed by atoms with Crippen LogP contribution in [-0.2, 0) is 10.0 Å². The first-order chi connectivity index (χ1) is 10.2. The van der Waals surface area contributed by atoms with Crippen LogP contribution in [0.5, 0.6) is 0 Å². The highest BCUT2D eigenvalue weighted by atomic mass is 35.5. The number of carbonyl (C=O) groups is 1. The minimum Gasteiger partial charge on any atom is -0.366 e. The summed E-state index contributed by atoms with van der Waals surface area (Å²) in [5.41, 5.74) is 5.70. The van der Waals surface area contributed by atoms with Crippen molar-refractivity contribution < 1.29 is 17.6 Å². The van der Waals surface area contributed by atoms with Crippen LogP contribution in [0, 0.1) is 12.7 Å². The normalized spacial score (nSPS) is 11.2. The summed E-state index contributed by atoms with van der Waals surface area (Å²) in [6.45, 7) is 1.60. The molecular formula is C14H12ClFN2O3S. The Kier molecular flexibility index (Phi) is 4.39. The number of rotatable bonds is 4. The molecule has 2 aromatic rings. The van der Waals surface area contributed by atoms with Crippen molar-refractivity contribution in [2.24, 2.45) is 5.73 Å². The molecule has 0 saturated heterocycles. The Hall–Kier alpha value is -2.12. The number of carbonyl (C=O) groups excluding carboxylic acids is 1. The summed E-state index contributed by atoms with van der Waals surface area (Å²) in [5.74, 6) is -1.86. The van der Waals surface area contributed by atoms with Gasteiger partial charge in [-0.25, -0.2) is 12.8 Å². The molecule has 0 bridgehead atoms. The third-order valence-corrected chi connectivity index (χ3v) is 4.64. The van der Waals surface area contributed by atoms with Gasteiger partial charge in [-0.15, -0.1) is 0 Å². The molecule has 0 aliphatic heterocycles. The molecule has 0 fully saturated rings. The van der Waals surface area contributed by atoms with Gasteiger partial charge < -0.3 is 5.73 Å². The minimum absolute atomic E-state index is 0.00832. The van der Waals surface area contributed by atoms with Gasteiger partial charge in [-0.2, -0.15) is 0 Å². The Morgan fingerprint density at radius 3 is 2.50 bits per heavy atom. The Bertz CT molecular complexity index is 853. The quantitative estimate of drug-likeness (QED) is 0.895. The van der Waals surface area contributed by atoms with Crippen LogP contribution in [0.1, 0.15) is 15.9 Å². The Morgan fingerprint density at radius 1 is 1.23 bits per heavy atom. The molecule has 2 aromatic carbocycles. The third-order valence-electron chi connectivity index (χ3n) is 2.98. The highest BCUT2D eigenvalue weighted by Crippen LogP contribution is 2.27. The van der Waals surface area contributed by atoms with E-state index >= 15 is 0 Å². The molecule has 3 N–H and O–H groups in total. The Balaban J connectivity index is 2.55. The van der Waals surface area contributed by atoms with E-state index in [0.717, 1.165) is 6.07 Å². The standard InChI is InChI=1S/C14H12ClFN2O3S/c1-8-4-2-5-9(14(17)19)13(8)18-22(20,21)11-7-3-6-10(15)12(11)16/h2-7,18H,1H3,(H2,17,19). The van der Waals surface area contributed by atoms with E-state index < -0.39 is 26.6 Å². The first kappa shape index (κ1) is 16.3. The fourth-order valence-corrected chi connectivity index (χ4v) is 3.37. The lowest BCUT2D eigenvalue weighted by Crippen LogP contribution is -2.20. The van der Waals surface area contributed by atoms with Gasteiger partial charge >= 0.3 is 0 Å². The van der Waals surface area contributed by atoms with Crippen molar-refractivity contribution in [2.75, 3.05) is 4.72 Å². The lowest BCUT2D eigenvalue weighted by atomic mass is 10.1. The van der Waals surface area contributed by atoms with Crippen LogP contribution in [0.15, 0.2) is 41.3 Å². The molecule has 8 heteroatoms. The summed E-state index contributed by atoms with van der Waals surface area (Å²) in [7, 11) is -4.26. The molecule has 116 valence electrons. The van der Waals surface area contributed by atoms with Gasteiger partial charge in [-0.1, -0.05) is 29.8 Å². The van der Waals surface area contributed by atoms with Crippen LogP contribution in [0.4, 0.5) is 10.1 Å². The summed E-state index contributed by atoms with van der Waals surface area (Å²) in [6.07, 6.45) is 0. The van der Waals surface area contributed by atoms with Gasteiger partial charge in [0.25, 0.3) is 15.9 Å². The van der Waals surface area contributed by atoms with E-state index in [9.17, 15) is 17.6 Å². The number of sulfonamides is 1. The molecule has 22 heavy (non-hydrogen) atoms. The molecule has 2 rings (SSSR count). The Labute approximate surface area is 131 Å². The van der Waals surface area contributed by atoms with E-state index in [1.54, 1.807) is 19.1 Å². The van der Waals surface area contributed by atoms with Crippen LogP contribution in [-0.4, -0.2) is 14.3 Å². The molecule has 5 nitrogen and oxygen atoms in total. The molecule has 0 spiro atoms. The number of primary amides is 1. The van der Waals surface area contributed by atoms with Gasteiger partial charge in [-0.05, 0) is 30.7 Å². The maximum absolute atomic E-state index is 13.9. The van der Waals surface area contributed by atoms with Crippen LogP contribution in [0.25, 0.3) is 0 Å². The number of benzene rings is 2. The maximum atomic E-state index is 13.9. The fourth-order valence-electron chi connectivity index (χ4n) is 1.89. The second-order valence-electron chi connectivity index (χ2n) is 4.52. The van der Waals surface area contributed by atoms with Crippen molar-refractivity contribution in [3.05, 3.63) is 58.4 Å². The number of amides is 1. The average molecular weight is 343 g/mol. The highest BCUT2D eigenvalue weighted by Gasteiger charge is 2.23. The van der Waals surface area contributed by atoms with Crippen LogP contribution in [0.2, 0.25) is 5.02 Å². The van der Waals surface area contributed by atoms with Gasteiger partial charge in [0, 0.05) is 0 Å². The zero-order valence-corrected chi connectivity index (χ0v) is 13.0. The third kappa shape index (κ3) is 3.05. The number of hydrogen-bond donors (Lipinski definition) is 2. The second kappa shape index (κ2) is 5.94. The van der Waals surface area contributed by atoms with Crippen molar-refractivity contribution in [1.29, 1.82) is 0 Å². The molecular weight excluding hydrogens is 331 g/mol. The van der Waals surface area contributed by atoms with Crippen molar-refractivity contribution >= 4 is 33.2 Å². The predicted molar refractivity (Wildman–Crippen MR) is 81.9 cm³/mol. The Morgan fingerprint density at radius 2 is 1.86 bits per heavy atom. The van der Waals surface area contributed by atoms with E-state index in [-0.39, 0.29) is 16.3 Å². The largest absolute Gasteiger partial charge is 0.366 e. The summed E-state index contributed by atoms with van der Waals surface area (Å²) in [5, 5.41) is -0.317. The fraction of sp³-hybridized carbons (Fsp3) is 0.0714. The predicted octanol–water partition coefficient (Wildman–Crippen LogP) is 2.69. The van der Waals surface area contributed by atoms with Crippen LogP contribution < -0.4 is 10.5 Å². The first-order valence-electron chi connectivity index (χ1n) is 6.10. The summed E-state index contributed by atoms with van der Waals surface area (Å²) in [6, 6.07) is 8.16. The van der Waals surface area contributed by atoms with E-state index in [4.69, 9.17) is 17.3 Å². The maximum Gasteiger partial charge on any atom is 0.264 e. The molecule has 0 aliphatic rings. The van der Waals surface area contributed by atoms with Crippen molar-refractivity contribution in [3.63, 3.8) is 0 Å². The monoisotopic (exact) mass is 342 g/mol.